The first-order valence-electron chi connectivity index (χ1n) is 7.04. The van der Waals surface area contributed by atoms with E-state index in [0.717, 1.165) is 35.5 Å². The third-order valence-corrected chi connectivity index (χ3v) is 6.32. The van der Waals surface area contributed by atoms with Crippen molar-refractivity contribution in [1.82, 2.24) is 9.88 Å². The van der Waals surface area contributed by atoms with Crippen LogP contribution in [0.25, 0.3) is 10.2 Å². The lowest BCUT2D eigenvalue weighted by Gasteiger charge is -2.22. The normalized spacial score (nSPS) is 18.7. The second-order valence-corrected chi connectivity index (χ2v) is 8.70. The van der Waals surface area contributed by atoms with Crippen LogP contribution in [-0.4, -0.2) is 39.4 Å². The molecule has 1 saturated heterocycles. The molecule has 0 radical (unpaired) electrons. The maximum atomic E-state index is 12.8. The van der Waals surface area contributed by atoms with Crippen molar-refractivity contribution in [2.45, 2.75) is 25.0 Å². The Morgan fingerprint density at radius 3 is 3.00 bits per heavy atom. The number of hydrogen-bond donors (Lipinski definition) is 1. The number of nitrogen functional groups attached to an aromatic ring is 1. The Kier molecular flexibility index (Phi) is 3.84. The van der Waals surface area contributed by atoms with Crippen molar-refractivity contribution in [3.8, 4) is 0 Å². The first-order valence-corrected chi connectivity index (χ1v) is 8.84. The number of carbonyl (C=O) groups excluding carboxylic acids is 1. The molecule has 1 aliphatic rings. The lowest BCUT2D eigenvalue weighted by molar-refractivity contribution is 0.0770. The molecule has 0 saturated carbocycles. The highest BCUT2D eigenvalue weighted by Crippen LogP contribution is 2.35. The molecule has 0 aromatic carbocycles. The van der Waals surface area contributed by atoms with E-state index >= 15 is 0 Å². The van der Waals surface area contributed by atoms with Crippen molar-refractivity contribution in [3.63, 3.8) is 0 Å². The summed E-state index contributed by atoms with van der Waals surface area (Å²) in [4.78, 5) is 19.6. The van der Waals surface area contributed by atoms with Crippen LogP contribution in [0.4, 0.5) is 5.69 Å². The minimum Gasteiger partial charge on any atom is -0.396 e. The lowest BCUT2D eigenvalue weighted by atomic mass is 10.1. The summed E-state index contributed by atoms with van der Waals surface area (Å²) >= 11 is 3.38. The van der Waals surface area contributed by atoms with Gasteiger partial charge in [-0.25, -0.2) is 0 Å². The summed E-state index contributed by atoms with van der Waals surface area (Å²) < 4.78 is 1.21. The molecule has 1 fully saturated rings. The van der Waals surface area contributed by atoms with E-state index in [-0.39, 0.29) is 10.7 Å². The number of pyridine rings is 1. The summed E-state index contributed by atoms with van der Waals surface area (Å²) in [7, 11) is 0. The van der Waals surface area contributed by atoms with Gasteiger partial charge in [0, 0.05) is 29.8 Å². The maximum absolute atomic E-state index is 12.8. The summed E-state index contributed by atoms with van der Waals surface area (Å²) in [6.45, 7) is 6.06. The molecule has 112 valence electrons. The fraction of sp³-hybridized carbons (Fsp3) is 0.467. The molecule has 4 nitrogen and oxygen atoms in total. The number of thioether (sulfide) groups is 1. The van der Waals surface area contributed by atoms with Gasteiger partial charge in [-0.05, 0) is 18.6 Å². The standard InChI is InChI=1S/C15H19N3OS2/c1-15(2)5-7-18(8-9-20-15)14(19)13-11(16)12-10(21-13)4-3-6-17-12/h3-4,6H,5,7-9,16H2,1-2H3. The molecule has 2 N–H and O–H groups in total. The molecule has 0 spiro atoms. The number of fused-ring (bicyclic) bond motifs is 1. The Morgan fingerprint density at radius 1 is 1.43 bits per heavy atom. The molecule has 1 aliphatic heterocycles. The Morgan fingerprint density at radius 2 is 2.24 bits per heavy atom. The van der Waals surface area contributed by atoms with E-state index in [9.17, 15) is 4.79 Å². The van der Waals surface area contributed by atoms with Gasteiger partial charge < -0.3 is 10.6 Å². The van der Waals surface area contributed by atoms with Crippen molar-refractivity contribution in [2.24, 2.45) is 0 Å². The number of nitrogens with two attached hydrogens (primary N) is 1. The minimum absolute atomic E-state index is 0.0498. The van der Waals surface area contributed by atoms with Crippen LogP contribution in [0.2, 0.25) is 0 Å². The fourth-order valence-electron chi connectivity index (χ4n) is 2.47. The number of amides is 1. The molecule has 2 aromatic heterocycles. The van der Waals surface area contributed by atoms with Gasteiger partial charge >= 0.3 is 0 Å². The number of anilines is 1. The van der Waals surface area contributed by atoms with Crippen molar-refractivity contribution >= 4 is 44.9 Å². The highest BCUT2D eigenvalue weighted by molar-refractivity contribution is 8.00. The molecule has 0 bridgehead atoms. The zero-order chi connectivity index (χ0) is 15.0. The van der Waals surface area contributed by atoms with Crippen LogP contribution in [0.15, 0.2) is 18.3 Å². The van der Waals surface area contributed by atoms with Gasteiger partial charge in [0.25, 0.3) is 5.91 Å². The third-order valence-electron chi connectivity index (χ3n) is 3.80. The summed E-state index contributed by atoms with van der Waals surface area (Å²) in [5, 5.41) is 0. The van der Waals surface area contributed by atoms with Gasteiger partial charge in [-0.1, -0.05) is 13.8 Å². The summed E-state index contributed by atoms with van der Waals surface area (Å²) in [5.41, 5.74) is 7.40. The van der Waals surface area contributed by atoms with Crippen molar-refractivity contribution in [2.75, 3.05) is 24.6 Å². The van der Waals surface area contributed by atoms with E-state index < -0.39 is 0 Å². The highest BCUT2D eigenvalue weighted by atomic mass is 32.2. The number of rotatable bonds is 1. The van der Waals surface area contributed by atoms with E-state index in [1.54, 1.807) is 6.20 Å². The van der Waals surface area contributed by atoms with Crippen LogP contribution in [0.3, 0.4) is 0 Å². The van der Waals surface area contributed by atoms with E-state index in [4.69, 9.17) is 5.73 Å². The first kappa shape index (κ1) is 14.7. The smallest absolute Gasteiger partial charge is 0.266 e. The molecular formula is C15H19N3OS2. The maximum Gasteiger partial charge on any atom is 0.266 e. The van der Waals surface area contributed by atoms with Gasteiger partial charge in [-0.3, -0.25) is 9.78 Å². The Balaban J connectivity index is 1.88. The van der Waals surface area contributed by atoms with Gasteiger partial charge in [-0.15, -0.1) is 11.3 Å². The summed E-state index contributed by atoms with van der Waals surface area (Å²) in [6.07, 6.45) is 2.72. The Bertz CT molecular complexity index is 681. The second-order valence-electron chi connectivity index (χ2n) is 5.85. The van der Waals surface area contributed by atoms with Crippen LogP contribution in [0.1, 0.15) is 29.9 Å². The fourth-order valence-corrected chi connectivity index (χ4v) is 4.62. The van der Waals surface area contributed by atoms with E-state index in [1.165, 1.54) is 11.3 Å². The average molecular weight is 321 g/mol. The topological polar surface area (TPSA) is 59.2 Å². The molecule has 3 rings (SSSR count). The molecule has 3 heterocycles. The Labute approximate surface area is 132 Å². The van der Waals surface area contributed by atoms with Crippen molar-refractivity contribution < 1.29 is 4.79 Å². The number of thiophene rings is 1. The number of aromatic nitrogens is 1. The van der Waals surface area contributed by atoms with Crippen LogP contribution in [0.5, 0.6) is 0 Å². The summed E-state index contributed by atoms with van der Waals surface area (Å²) in [6, 6.07) is 3.83. The van der Waals surface area contributed by atoms with Crippen LogP contribution < -0.4 is 5.73 Å². The van der Waals surface area contributed by atoms with Crippen molar-refractivity contribution in [1.29, 1.82) is 0 Å². The van der Waals surface area contributed by atoms with Gasteiger partial charge in [-0.2, -0.15) is 11.8 Å². The van der Waals surface area contributed by atoms with E-state index in [1.807, 2.05) is 28.8 Å². The minimum atomic E-state index is 0.0498. The molecule has 21 heavy (non-hydrogen) atoms. The zero-order valence-corrected chi connectivity index (χ0v) is 13.9. The van der Waals surface area contributed by atoms with E-state index in [0.29, 0.717) is 10.6 Å². The van der Waals surface area contributed by atoms with Crippen LogP contribution >= 0.6 is 23.1 Å². The lowest BCUT2D eigenvalue weighted by Crippen LogP contribution is -2.33. The quantitative estimate of drug-likeness (QED) is 0.876. The molecule has 0 atom stereocenters. The number of nitrogens with zero attached hydrogens (tertiary/aromatic N) is 2. The highest BCUT2D eigenvalue weighted by Gasteiger charge is 2.28. The SMILES string of the molecule is CC1(C)CCN(C(=O)c2sc3cccnc3c2N)CCS1. The predicted octanol–water partition coefficient (Wildman–Crippen LogP) is 3.24. The molecule has 2 aromatic rings. The van der Waals surface area contributed by atoms with Crippen LogP contribution in [-0.2, 0) is 0 Å². The Hall–Kier alpha value is -1.27. The first-order chi connectivity index (χ1) is 9.98. The third kappa shape index (κ3) is 2.87. The van der Waals surface area contributed by atoms with Gasteiger partial charge in [0.2, 0.25) is 0 Å². The predicted molar refractivity (Wildman–Crippen MR) is 91.1 cm³/mol. The number of hydrogen-bond acceptors (Lipinski definition) is 5. The second kappa shape index (κ2) is 5.50. The number of carbonyl (C=O) groups is 1. The zero-order valence-electron chi connectivity index (χ0n) is 12.3. The van der Waals surface area contributed by atoms with Gasteiger partial charge in [0.1, 0.15) is 10.4 Å². The summed E-state index contributed by atoms with van der Waals surface area (Å²) in [5.74, 6) is 1.02. The monoisotopic (exact) mass is 321 g/mol. The largest absolute Gasteiger partial charge is 0.396 e. The molecule has 0 aliphatic carbocycles. The van der Waals surface area contributed by atoms with Crippen molar-refractivity contribution in [3.05, 3.63) is 23.2 Å². The molecule has 0 unspecified atom stereocenters. The molecule has 6 heteroatoms. The average Bonchev–Trinajstić information content (AvgIpc) is 2.67. The molecule has 1 amide bonds. The van der Waals surface area contributed by atoms with Gasteiger partial charge in [0.05, 0.1) is 10.4 Å². The van der Waals surface area contributed by atoms with Crippen LogP contribution in [0, 0.1) is 0 Å². The molecular weight excluding hydrogens is 302 g/mol. The van der Waals surface area contributed by atoms with E-state index in [2.05, 4.69) is 18.8 Å². The van der Waals surface area contributed by atoms with Gasteiger partial charge in [0.15, 0.2) is 0 Å².